The van der Waals surface area contributed by atoms with Crippen LogP contribution < -0.4 is 0 Å². The van der Waals surface area contributed by atoms with Gasteiger partial charge in [-0.15, -0.1) is 0 Å². The number of carbonyl (C=O) groups excluding carboxylic acids is 2. The van der Waals surface area contributed by atoms with Gasteiger partial charge in [0.15, 0.2) is 5.78 Å². The van der Waals surface area contributed by atoms with Crippen LogP contribution in [0.4, 0.5) is 0 Å². The van der Waals surface area contributed by atoms with Crippen LogP contribution in [0.3, 0.4) is 0 Å². The molecule has 192 valence electrons. The van der Waals surface area contributed by atoms with Crippen molar-refractivity contribution in [3.63, 3.8) is 0 Å². The van der Waals surface area contributed by atoms with Crippen LogP contribution in [0.1, 0.15) is 57.4 Å². The van der Waals surface area contributed by atoms with Crippen molar-refractivity contribution in [3.8, 4) is 0 Å². The minimum absolute atomic E-state index is 0.00583. The number of nitrogens with zero attached hydrogens (tertiary/aromatic N) is 2. The summed E-state index contributed by atoms with van der Waals surface area (Å²) in [6.07, 6.45) is 8.97. The Morgan fingerprint density at radius 1 is 1.17 bits per heavy atom. The second kappa shape index (κ2) is 9.67. The van der Waals surface area contributed by atoms with Crippen molar-refractivity contribution in [2.75, 3.05) is 20.2 Å². The van der Waals surface area contributed by atoms with Crippen molar-refractivity contribution in [1.82, 2.24) is 4.90 Å². The molecule has 0 bridgehead atoms. The summed E-state index contributed by atoms with van der Waals surface area (Å²) >= 11 is 5.99. The minimum Gasteiger partial charge on any atom is -0.500 e. The molecule has 2 aliphatic carbocycles. The number of methoxy groups -OCH3 is 1. The van der Waals surface area contributed by atoms with Crippen LogP contribution in [0.2, 0.25) is 5.02 Å². The summed E-state index contributed by atoms with van der Waals surface area (Å²) in [6, 6.07) is 7.20. The quantitative estimate of drug-likeness (QED) is 0.626. The largest absolute Gasteiger partial charge is 0.500 e. The van der Waals surface area contributed by atoms with E-state index in [4.69, 9.17) is 21.2 Å². The maximum absolute atomic E-state index is 13.5. The van der Waals surface area contributed by atoms with E-state index in [1.807, 2.05) is 18.2 Å². The number of oxime groups is 1. The Kier molecular flexibility index (Phi) is 6.72. The third-order valence-electron chi connectivity index (χ3n) is 8.26. The minimum atomic E-state index is -1.18. The Morgan fingerprint density at radius 2 is 1.83 bits per heavy atom. The molecule has 1 saturated heterocycles. The van der Waals surface area contributed by atoms with Crippen LogP contribution in [0.15, 0.2) is 52.9 Å². The Balaban J connectivity index is 1.25. The lowest BCUT2D eigenvalue weighted by Gasteiger charge is -2.40. The van der Waals surface area contributed by atoms with Gasteiger partial charge in [0.2, 0.25) is 5.60 Å². The van der Waals surface area contributed by atoms with Crippen molar-refractivity contribution in [1.29, 1.82) is 0 Å². The highest BCUT2D eigenvalue weighted by Gasteiger charge is 2.49. The molecule has 1 saturated carbocycles. The van der Waals surface area contributed by atoms with Gasteiger partial charge in [0, 0.05) is 30.1 Å². The van der Waals surface area contributed by atoms with Crippen molar-refractivity contribution in [3.05, 3.63) is 58.3 Å². The van der Waals surface area contributed by atoms with E-state index < -0.39 is 11.2 Å². The molecule has 8 heteroatoms. The fourth-order valence-corrected chi connectivity index (χ4v) is 6.21. The van der Waals surface area contributed by atoms with Crippen LogP contribution in [0.25, 0.3) is 0 Å². The number of ether oxygens (including phenoxy) is 1. The zero-order valence-electron chi connectivity index (χ0n) is 20.8. The molecule has 0 aromatic heterocycles. The zero-order chi connectivity index (χ0) is 25.5. The number of amides is 1. The molecular formula is C28H33ClN2O5. The number of piperidine rings is 1. The highest BCUT2D eigenvalue weighted by atomic mass is 35.5. The number of allylic oxidation sites excluding steroid dienone is 4. The van der Waals surface area contributed by atoms with Crippen LogP contribution in [0.5, 0.6) is 0 Å². The molecule has 2 atom stereocenters. The van der Waals surface area contributed by atoms with Gasteiger partial charge >= 0.3 is 0 Å². The summed E-state index contributed by atoms with van der Waals surface area (Å²) in [5, 5.41) is 16.0. The summed E-state index contributed by atoms with van der Waals surface area (Å²) in [7, 11) is 1.61. The van der Waals surface area contributed by atoms with Crippen LogP contribution in [0, 0.1) is 11.8 Å². The smallest absolute Gasteiger partial charge is 0.269 e. The predicted octanol–water partition coefficient (Wildman–Crippen LogP) is 4.53. The summed E-state index contributed by atoms with van der Waals surface area (Å²) in [4.78, 5) is 34.4. The molecule has 1 N–H and O–H groups in total. The molecule has 2 heterocycles. The Bertz CT molecular complexity index is 1130. The first-order chi connectivity index (χ1) is 17.2. The van der Waals surface area contributed by atoms with Gasteiger partial charge in [-0.2, -0.15) is 0 Å². The van der Waals surface area contributed by atoms with Crippen LogP contribution >= 0.6 is 11.6 Å². The number of carbonyl (C=O) groups is 2. The average Bonchev–Trinajstić information content (AvgIpc) is 3.55. The maximum Gasteiger partial charge on any atom is 0.269 e. The predicted molar refractivity (Wildman–Crippen MR) is 136 cm³/mol. The monoisotopic (exact) mass is 512 g/mol. The third kappa shape index (κ3) is 4.48. The van der Waals surface area contributed by atoms with Crippen LogP contribution in [-0.4, -0.2) is 53.2 Å². The van der Waals surface area contributed by atoms with Gasteiger partial charge in [-0.05, 0) is 68.4 Å². The zero-order valence-corrected chi connectivity index (χ0v) is 21.6. The first-order valence-corrected chi connectivity index (χ1v) is 13.2. The van der Waals surface area contributed by atoms with Gasteiger partial charge in [0.25, 0.3) is 5.91 Å². The molecule has 1 aromatic carbocycles. The molecule has 1 aromatic rings. The number of rotatable bonds is 5. The second-order valence-corrected chi connectivity index (χ2v) is 11.0. The van der Waals surface area contributed by atoms with Gasteiger partial charge in [-0.3, -0.25) is 9.59 Å². The SMILES string of the molecule is COC1=CC=C(C2=NOC(C)(C(=O)N3CCC(O)(c4ccc(Cl)cc4)CC3)C2)C(=O)C1C1CCCC1. The standard InChI is InChI=1S/C28H33ClN2O5/c1-27(26(33)31-15-13-28(34,14-16-31)19-7-9-20(29)10-8-19)17-22(30-36-27)21-11-12-23(35-2)24(25(21)32)18-5-3-4-6-18/h7-12,18,24,34H,3-6,13-17H2,1-2H3. The molecule has 0 spiro atoms. The van der Waals surface area contributed by atoms with E-state index in [9.17, 15) is 14.7 Å². The van der Waals surface area contributed by atoms with Crippen LogP contribution in [-0.2, 0) is 24.8 Å². The van der Waals surface area contributed by atoms with E-state index in [1.165, 1.54) is 0 Å². The third-order valence-corrected chi connectivity index (χ3v) is 8.51. The summed E-state index contributed by atoms with van der Waals surface area (Å²) in [5.74, 6) is 0.511. The van der Waals surface area contributed by atoms with Gasteiger partial charge in [-0.1, -0.05) is 41.7 Å². The van der Waals surface area contributed by atoms with E-state index in [0.717, 1.165) is 31.2 Å². The first kappa shape index (κ1) is 25.0. The number of likely N-dealkylation sites (tertiary alicyclic amines) is 1. The Hall–Kier alpha value is -2.64. The van der Waals surface area contributed by atoms with Crippen molar-refractivity contribution in [2.45, 2.75) is 63.1 Å². The van der Waals surface area contributed by atoms with E-state index in [2.05, 4.69) is 5.16 Å². The van der Waals surface area contributed by atoms with Gasteiger partial charge in [-0.25, -0.2) is 0 Å². The van der Waals surface area contributed by atoms with Crippen molar-refractivity contribution in [2.24, 2.45) is 17.0 Å². The molecule has 7 nitrogen and oxygen atoms in total. The van der Waals surface area contributed by atoms with Crippen molar-refractivity contribution >= 4 is 29.0 Å². The molecule has 5 rings (SSSR count). The molecule has 1 amide bonds. The fourth-order valence-electron chi connectivity index (χ4n) is 6.08. The number of halogens is 1. The fraction of sp³-hybridized carbons (Fsp3) is 0.536. The number of aliphatic hydroxyl groups is 1. The highest BCUT2D eigenvalue weighted by Crippen LogP contribution is 2.41. The molecule has 4 aliphatic rings. The summed E-state index contributed by atoms with van der Waals surface area (Å²) < 4.78 is 5.55. The summed E-state index contributed by atoms with van der Waals surface area (Å²) in [5.41, 5.74) is -0.350. The van der Waals surface area contributed by atoms with Crippen molar-refractivity contribution < 1.29 is 24.3 Å². The normalized spacial score (nSPS) is 28.3. The second-order valence-electron chi connectivity index (χ2n) is 10.6. The van der Waals surface area contributed by atoms with Gasteiger partial charge in [0.1, 0.15) is 5.76 Å². The van der Waals surface area contributed by atoms with E-state index in [-0.39, 0.29) is 29.9 Å². The number of Topliss-reactive ketones (excluding diaryl/α,β-unsaturated/α-hetero) is 1. The molecule has 0 radical (unpaired) electrons. The molecule has 36 heavy (non-hydrogen) atoms. The first-order valence-electron chi connectivity index (χ1n) is 12.8. The van der Waals surface area contributed by atoms with Gasteiger partial charge in [0.05, 0.1) is 24.3 Å². The van der Waals surface area contributed by atoms with E-state index in [1.54, 1.807) is 37.1 Å². The molecule has 2 fully saturated rings. The maximum atomic E-state index is 13.5. The van der Waals surface area contributed by atoms with E-state index in [0.29, 0.717) is 48.0 Å². The lowest BCUT2D eigenvalue weighted by Crippen LogP contribution is -2.52. The number of ketones is 1. The topological polar surface area (TPSA) is 88.4 Å². The average molecular weight is 513 g/mol. The Labute approximate surface area is 216 Å². The molecule has 2 aliphatic heterocycles. The van der Waals surface area contributed by atoms with E-state index >= 15 is 0 Å². The Morgan fingerprint density at radius 3 is 2.47 bits per heavy atom. The highest BCUT2D eigenvalue weighted by molar-refractivity contribution is 6.30. The number of benzene rings is 1. The molecule has 2 unspecified atom stereocenters. The van der Waals surface area contributed by atoms with Gasteiger partial charge < -0.3 is 19.6 Å². The summed E-state index contributed by atoms with van der Waals surface area (Å²) in [6.45, 7) is 2.53. The lowest BCUT2D eigenvalue weighted by molar-refractivity contribution is -0.157. The number of hydrogen-bond donors (Lipinski definition) is 1. The number of hydrogen-bond acceptors (Lipinski definition) is 6. The lowest BCUT2D eigenvalue weighted by atomic mass is 9.78. The molecular weight excluding hydrogens is 480 g/mol.